The number of rotatable bonds is 4. The second kappa shape index (κ2) is 5.19. The van der Waals surface area contributed by atoms with Crippen molar-refractivity contribution in [3.05, 3.63) is 50.7 Å². The van der Waals surface area contributed by atoms with Gasteiger partial charge in [0.25, 0.3) is 5.69 Å². The Balaban J connectivity index is 2.13. The lowest BCUT2D eigenvalue weighted by atomic mass is 10.3. The highest BCUT2D eigenvalue weighted by molar-refractivity contribution is 7.99. The maximum atomic E-state index is 10.7. The second-order valence-corrected chi connectivity index (χ2v) is 5.36. The molecule has 0 aliphatic heterocycles. The Hall–Kier alpha value is -1.86. The molecule has 0 saturated carbocycles. The van der Waals surface area contributed by atoms with Crippen molar-refractivity contribution in [3.63, 3.8) is 0 Å². The van der Waals surface area contributed by atoms with Crippen molar-refractivity contribution in [2.45, 2.75) is 9.79 Å². The smallest absolute Gasteiger partial charge is 0.345 e. The fraction of sp³-hybridized carbons (Fsp3) is 0. The van der Waals surface area contributed by atoms with Crippen molar-refractivity contribution in [2.24, 2.45) is 0 Å². The van der Waals surface area contributed by atoms with Gasteiger partial charge in [-0.05, 0) is 18.2 Å². The van der Waals surface area contributed by atoms with Gasteiger partial charge in [-0.15, -0.1) is 11.3 Å². The topological polar surface area (TPSA) is 80.4 Å². The highest BCUT2D eigenvalue weighted by Gasteiger charge is 2.09. The summed E-state index contributed by atoms with van der Waals surface area (Å²) in [7, 11) is 0. The van der Waals surface area contributed by atoms with Crippen LogP contribution in [0.5, 0.6) is 0 Å². The molecule has 5 nitrogen and oxygen atoms in total. The van der Waals surface area contributed by atoms with E-state index in [0.29, 0.717) is 0 Å². The highest BCUT2D eigenvalue weighted by atomic mass is 32.2. The molecule has 0 bridgehead atoms. The Morgan fingerprint density at radius 3 is 2.44 bits per heavy atom. The monoisotopic (exact) mass is 281 g/mol. The number of nitro benzene ring substituents is 1. The molecule has 2 rings (SSSR count). The summed E-state index contributed by atoms with van der Waals surface area (Å²) >= 11 is 2.53. The van der Waals surface area contributed by atoms with E-state index in [1.54, 1.807) is 23.6 Å². The van der Waals surface area contributed by atoms with E-state index >= 15 is 0 Å². The van der Waals surface area contributed by atoms with Crippen molar-refractivity contribution in [3.8, 4) is 0 Å². The molecule has 1 aromatic carbocycles. The zero-order valence-corrected chi connectivity index (χ0v) is 10.5. The summed E-state index contributed by atoms with van der Waals surface area (Å²) in [6, 6.07) is 7.71. The van der Waals surface area contributed by atoms with Crippen LogP contribution in [0.3, 0.4) is 0 Å². The molecule has 0 saturated heterocycles. The van der Waals surface area contributed by atoms with E-state index in [1.165, 1.54) is 23.9 Å². The molecular weight excluding hydrogens is 274 g/mol. The van der Waals surface area contributed by atoms with Crippen molar-refractivity contribution in [1.29, 1.82) is 0 Å². The Labute approximate surface area is 110 Å². The molecule has 0 amide bonds. The van der Waals surface area contributed by atoms with Crippen molar-refractivity contribution in [2.75, 3.05) is 0 Å². The predicted molar refractivity (Wildman–Crippen MR) is 68.5 cm³/mol. The number of hydrogen-bond donors (Lipinski definition) is 1. The van der Waals surface area contributed by atoms with Gasteiger partial charge in [0.15, 0.2) is 0 Å². The molecule has 92 valence electrons. The third-order valence-corrected chi connectivity index (χ3v) is 4.12. The minimum absolute atomic E-state index is 0.0379. The number of carboxylic acid groups (broad SMARTS) is 1. The van der Waals surface area contributed by atoms with Crippen LogP contribution in [0.2, 0.25) is 0 Å². The summed E-state index contributed by atoms with van der Waals surface area (Å²) in [6.45, 7) is 0. The van der Waals surface area contributed by atoms with Crippen LogP contribution < -0.4 is 0 Å². The van der Waals surface area contributed by atoms with Gasteiger partial charge in [0.05, 0.1) is 4.92 Å². The number of nitrogens with zero attached hydrogens (tertiary/aromatic N) is 1. The predicted octanol–water partition coefficient (Wildman–Crippen LogP) is 3.51. The van der Waals surface area contributed by atoms with E-state index in [9.17, 15) is 14.9 Å². The summed E-state index contributed by atoms with van der Waals surface area (Å²) in [4.78, 5) is 22.7. The lowest BCUT2D eigenvalue weighted by Gasteiger charge is -1.97. The van der Waals surface area contributed by atoms with Gasteiger partial charge in [0.1, 0.15) is 4.88 Å². The molecule has 7 heteroatoms. The quantitative estimate of drug-likeness (QED) is 0.685. The summed E-state index contributed by atoms with van der Waals surface area (Å²) in [5, 5.41) is 21.0. The molecule has 18 heavy (non-hydrogen) atoms. The molecule has 0 aliphatic carbocycles. The molecule has 1 heterocycles. The summed E-state index contributed by atoms with van der Waals surface area (Å²) in [6.07, 6.45) is 0. The molecule has 1 N–H and O–H groups in total. The van der Waals surface area contributed by atoms with Crippen LogP contribution in [0.25, 0.3) is 0 Å². The van der Waals surface area contributed by atoms with Gasteiger partial charge in [-0.2, -0.15) is 0 Å². The minimum atomic E-state index is -0.949. The third kappa shape index (κ3) is 2.88. The number of hydrogen-bond acceptors (Lipinski definition) is 5. The average Bonchev–Trinajstić information content (AvgIpc) is 2.78. The van der Waals surface area contributed by atoms with Gasteiger partial charge in [-0.3, -0.25) is 10.1 Å². The first-order chi connectivity index (χ1) is 8.56. The van der Waals surface area contributed by atoms with Gasteiger partial charge in [-0.25, -0.2) is 4.79 Å². The first kappa shape index (κ1) is 12.6. The molecule has 2 aromatic rings. The number of aromatic carboxylic acids is 1. The molecular formula is C11H7NO4S2. The first-order valence-electron chi connectivity index (χ1n) is 4.80. The number of nitro groups is 1. The van der Waals surface area contributed by atoms with E-state index in [2.05, 4.69) is 0 Å². The van der Waals surface area contributed by atoms with Gasteiger partial charge in [0, 0.05) is 27.3 Å². The molecule has 0 atom stereocenters. The van der Waals surface area contributed by atoms with Crippen molar-refractivity contribution >= 4 is 34.8 Å². The Morgan fingerprint density at radius 1 is 1.28 bits per heavy atom. The number of non-ortho nitro benzene ring substituents is 1. The molecule has 0 aliphatic rings. The van der Waals surface area contributed by atoms with E-state index < -0.39 is 10.9 Å². The zero-order chi connectivity index (χ0) is 13.1. The van der Waals surface area contributed by atoms with Crippen LogP contribution in [0.1, 0.15) is 9.67 Å². The van der Waals surface area contributed by atoms with Gasteiger partial charge in [-0.1, -0.05) is 11.8 Å². The standard InChI is InChI=1S/C11H7NO4S2/c13-11(14)10-5-9(6-17-10)18-8-3-1-7(2-4-8)12(15)16/h1-6H,(H,13,14). The summed E-state index contributed by atoms with van der Waals surface area (Å²) < 4.78 is 0. The molecule has 1 aromatic heterocycles. The molecule has 0 unspecified atom stereocenters. The van der Waals surface area contributed by atoms with E-state index in [1.807, 2.05) is 0 Å². The van der Waals surface area contributed by atoms with E-state index in [0.717, 1.165) is 21.1 Å². The lowest BCUT2D eigenvalue weighted by Crippen LogP contribution is -1.89. The number of thiophene rings is 1. The van der Waals surface area contributed by atoms with Crippen LogP contribution in [0, 0.1) is 10.1 Å². The van der Waals surface area contributed by atoms with Crippen molar-refractivity contribution in [1.82, 2.24) is 0 Å². The molecule has 0 radical (unpaired) electrons. The SMILES string of the molecule is O=C(O)c1cc(Sc2ccc([N+](=O)[O-])cc2)cs1. The summed E-state index contributed by atoms with van der Waals surface area (Å²) in [5.41, 5.74) is 0.0379. The van der Waals surface area contributed by atoms with E-state index in [4.69, 9.17) is 5.11 Å². The van der Waals surface area contributed by atoms with Crippen LogP contribution >= 0.6 is 23.1 Å². The fourth-order valence-corrected chi connectivity index (χ4v) is 3.00. The third-order valence-electron chi connectivity index (χ3n) is 2.07. The second-order valence-electron chi connectivity index (χ2n) is 3.30. The highest BCUT2D eigenvalue weighted by Crippen LogP contribution is 2.32. The van der Waals surface area contributed by atoms with Crippen molar-refractivity contribution < 1.29 is 14.8 Å². The summed E-state index contributed by atoms with van der Waals surface area (Å²) in [5.74, 6) is -0.949. The average molecular weight is 281 g/mol. The Kier molecular flexibility index (Phi) is 3.63. The largest absolute Gasteiger partial charge is 0.477 e. The minimum Gasteiger partial charge on any atom is -0.477 e. The molecule has 0 spiro atoms. The lowest BCUT2D eigenvalue weighted by molar-refractivity contribution is -0.384. The zero-order valence-electron chi connectivity index (χ0n) is 8.90. The molecule has 0 fully saturated rings. The maximum Gasteiger partial charge on any atom is 0.345 e. The normalized spacial score (nSPS) is 10.2. The maximum absolute atomic E-state index is 10.7. The fourth-order valence-electron chi connectivity index (χ4n) is 1.26. The van der Waals surface area contributed by atoms with Gasteiger partial charge < -0.3 is 5.11 Å². The Bertz CT molecular complexity index is 591. The number of benzene rings is 1. The van der Waals surface area contributed by atoms with Gasteiger partial charge in [0.2, 0.25) is 0 Å². The Morgan fingerprint density at radius 2 is 1.94 bits per heavy atom. The number of carbonyl (C=O) groups is 1. The van der Waals surface area contributed by atoms with E-state index in [-0.39, 0.29) is 10.6 Å². The van der Waals surface area contributed by atoms with Crippen LogP contribution in [-0.2, 0) is 0 Å². The number of carboxylic acids is 1. The van der Waals surface area contributed by atoms with Crippen LogP contribution in [-0.4, -0.2) is 16.0 Å². The van der Waals surface area contributed by atoms with Crippen LogP contribution in [0.4, 0.5) is 5.69 Å². The van der Waals surface area contributed by atoms with Crippen LogP contribution in [0.15, 0.2) is 45.5 Å². The first-order valence-corrected chi connectivity index (χ1v) is 6.50. The van der Waals surface area contributed by atoms with Gasteiger partial charge >= 0.3 is 5.97 Å².